The van der Waals surface area contributed by atoms with E-state index in [0.717, 1.165) is 17.5 Å². The van der Waals surface area contributed by atoms with Gasteiger partial charge in [-0.2, -0.15) is 0 Å². The van der Waals surface area contributed by atoms with Gasteiger partial charge in [0.15, 0.2) is 0 Å². The highest BCUT2D eigenvalue weighted by molar-refractivity contribution is 5.90. The molecule has 3 aliphatic carbocycles. The normalized spacial score (nSPS) is 25.1. The van der Waals surface area contributed by atoms with Crippen molar-refractivity contribution in [2.24, 2.45) is 17.3 Å². The summed E-state index contributed by atoms with van der Waals surface area (Å²) in [6.45, 7) is 3.80. The van der Waals surface area contributed by atoms with Gasteiger partial charge in [0.1, 0.15) is 12.6 Å². The topological polar surface area (TPSA) is 105 Å². The van der Waals surface area contributed by atoms with E-state index in [4.69, 9.17) is 4.74 Å². The molecule has 178 valence electrons. The van der Waals surface area contributed by atoms with E-state index in [1.165, 1.54) is 11.1 Å². The van der Waals surface area contributed by atoms with Crippen molar-refractivity contribution in [3.05, 3.63) is 59.7 Å². The van der Waals surface area contributed by atoms with E-state index < -0.39 is 23.5 Å². The Hall–Kier alpha value is -3.35. The highest BCUT2D eigenvalue weighted by Gasteiger charge is 2.65. The lowest BCUT2D eigenvalue weighted by molar-refractivity contribution is -0.144. The van der Waals surface area contributed by atoms with E-state index in [9.17, 15) is 19.5 Å². The second-order valence-electron chi connectivity index (χ2n) is 10.2. The van der Waals surface area contributed by atoms with E-state index in [2.05, 4.69) is 34.9 Å². The SMILES string of the molecule is CC(C)[C@@H](NC(=O)C12CC(NC(=O)OCC3c4ccccc4-c4ccccc43)CC1C2)C(=O)O. The molecular formula is C27H30N2O5. The molecule has 2 aromatic carbocycles. The van der Waals surface area contributed by atoms with Gasteiger partial charge in [0.25, 0.3) is 0 Å². The summed E-state index contributed by atoms with van der Waals surface area (Å²) in [6, 6.07) is 15.3. The first-order valence-electron chi connectivity index (χ1n) is 12.0. The van der Waals surface area contributed by atoms with Crippen LogP contribution in [0.5, 0.6) is 0 Å². The molecule has 4 atom stereocenters. The van der Waals surface area contributed by atoms with Crippen molar-refractivity contribution in [3.63, 3.8) is 0 Å². The largest absolute Gasteiger partial charge is 0.480 e. The predicted octanol–water partition coefficient (Wildman–Crippen LogP) is 3.92. The van der Waals surface area contributed by atoms with Crippen LogP contribution in [0, 0.1) is 17.3 Å². The van der Waals surface area contributed by atoms with E-state index in [-0.39, 0.29) is 36.3 Å². The molecule has 0 saturated heterocycles. The Morgan fingerprint density at radius 1 is 1.03 bits per heavy atom. The van der Waals surface area contributed by atoms with Gasteiger partial charge in [-0.3, -0.25) is 4.79 Å². The maximum Gasteiger partial charge on any atom is 0.407 e. The third kappa shape index (κ3) is 3.83. The lowest BCUT2D eigenvalue weighted by Crippen LogP contribution is -2.48. The molecule has 0 bridgehead atoms. The highest BCUT2D eigenvalue weighted by Crippen LogP contribution is 2.63. The molecule has 0 spiro atoms. The maximum atomic E-state index is 12.9. The van der Waals surface area contributed by atoms with Crippen LogP contribution in [0.15, 0.2) is 48.5 Å². The summed E-state index contributed by atoms with van der Waals surface area (Å²) in [6.07, 6.45) is 1.48. The Kier molecular flexibility index (Phi) is 5.58. The zero-order valence-electron chi connectivity index (χ0n) is 19.4. The van der Waals surface area contributed by atoms with Crippen LogP contribution in [0.1, 0.15) is 50.2 Å². The molecule has 2 amide bonds. The van der Waals surface area contributed by atoms with Crippen LogP contribution < -0.4 is 10.6 Å². The number of hydrogen-bond acceptors (Lipinski definition) is 4. The molecule has 3 N–H and O–H groups in total. The number of ether oxygens (including phenoxy) is 1. The number of carbonyl (C=O) groups is 3. The van der Waals surface area contributed by atoms with Crippen LogP contribution in [-0.4, -0.2) is 41.8 Å². The lowest BCUT2D eigenvalue weighted by Gasteiger charge is -2.22. The molecule has 0 aliphatic heterocycles. The van der Waals surface area contributed by atoms with Gasteiger partial charge in [0, 0.05) is 12.0 Å². The van der Waals surface area contributed by atoms with Crippen LogP contribution in [0.2, 0.25) is 0 Å². The van der Waals surface area contributed by atoms with Crippen LogP contribution in [0.25, 0.3) is 11.1 Å². The second kappa shape index (κ2) is 8.46. The molecule has 2 saturated carbocycles. The van der Waals surface area contributed by atoms with Gasteiger partial charge in [-0.25, -0.2) is 9.59 Å². The van der Waals surface area contributed by atoms with Crippen molar-refractivity contribution < 1.29 is 24.2 Å². The molecule has 5 rings (SSSR count). The Bertz CT molecular complexity index is 1100. The summed E-state index contributed by atoms with van der Waals surface area (Å²) in [5.41, 5.74) is 4.11. The number of carboxylic acid groups (broad SMARTS) is 1. The maximum absolute atomic E-state index is 12.9. The van der Waals surface area contributed by atoms with Crippen LogP contribution in [0.4, 0.5) is 4.79 Å². The monoisotopic (exact) mass is 462 g/mol. The molecule has 34 heavy (non-hydrogen) atoms. The lowest BCUT2D eigenvalue weighted by atomic mass is 9.98. The fourth-order valence-electron chi connectivity index (χ4n) is 5.89. The Labute approximate surface area is 198 Å². The van der Waals surface area contributed by atoms with Crippen molar-refractivity contribution >= 4 is 18.0 Å². The van der Waals surface area contributed by atoms with Gasteiger partial charge in [-0.05, 0) is 53.4 Å². The van der Waals surface area contributed by atoms with Crippen LogP contribution in [0.3, 0.4) is 0 Å². The van der Waals surface area contributed by atoms with Crippen LogP contribution >= 0.6 is 0 Å². The van der Waals surface area contributed by atoms with E-state index in [0.29, 0.717) is 12.8 Å². The molecule has 3 aliphatic rings. The zero-order chi connectivity index (χ0) is 24.0. The summed E-state index contributed by atoms with van der Waals surface area (Å²) in [7, 11) is 0. The standard InChI is InChI=1S/C27H30N2O5/c1-15(2)23(24(30)31)29-25(32)27-12-16(27)11-17(13-27)28-26(33)34-14-22-20-9-5-3-7-18(20)19-8-4-6-10-21(19)22/h3-10,15-17,22-23H,11-14H2,1-2H3,(H,28,33)(H,29,32)(H,30,31)/t16?,17?,23-,27?/m1/s1. The molecule has 0 radical (unpaired) electrons. The smallest absolute Gasteiger partial charge is 0.407 e. The Morgan fingerprint density at radius 2 is 1.65 bits per heavy atom. The molecule has 7 nitrogen and oxygen atoms in total. The minimum Gasteiger partial charge on any atom is -0.480 e. The van der Waals surface area contributed by atoms with Gasteiger partial charge >= 0.3 is 12.1 Å². The number of fused-ring (bicyclic) bond motifs is 4. The number of benzene rings is 2. The number of nitrogens with one attached hydrogen (secondary N) is 2. The van der Waals surface area contributed by atoms with Gasteiger partial charge in [0.2, 0.25) is 5.91 Å². The first kappa shape index (κ1) is 22.4. The van der Waals surface area contributed by atoms with Crippen molar-refractivity contribution in [2.75, 3.05) is 6.61 Å². The van der Waals surface area contributed by atoms with E-state index in [1.807, 2.05) is 24.3 Å². The summed E-state index contributed by atoms with van der Waals surface area (Å²) >= 11 is 0. The van der Waals surface area contributed by atoms with E-state index >= 15 is 0 Å². The third-order valence-corrected chi connectivity index (χ3v) is 7.75. The molecule has 7 heteroatoms. The zero-order valence-corrected chi connectivity index (χ0v) is 19.4. The van der Waals surface area contributed by atoms with E-state index in [1.54, 1.807) is 13.8 Å². The highest BCUT2D eigenvalue weighted by atomic mass is 16.5. The first-order chi connectivity index (χ1) is 16.3. The van der Waals surface area contributed by atoms with Gasteiger partial charge in [-0.1, -0.05) is 62.4 Å². The quantitative estimate of drug-likeness (QED) is 0.579. The summed E-state index contributed by atoms with van der Waals surface area (Å²) in [4.78, 5) is 37.0. The first-order valence-corrected chi connectivity index (χ1v) is 12.0. The fourth-order valence-corrected chi connectivity index (χ4v) is 5.89. The predicted molar refractivity (Wildman–Crippen MR) is 126 cm³/mol. The number of rotatable bonds is 7. The molecule has 3 unspecified atom stereocenters. The molecule has 0 aromatic heterocycles. The van der Waals surface area contributed by atoms with Gasteiger partial charge in [-0.15, -0.1) is 0 Å². The number of alkyl carbamates (subject to hydrolysis) is 1. The molecule has 0 heterocycles. The number of hydrogen-bond donors (Lipinski definition) is 3. The minimum absolute atomic E-state index is 0.00348. The van der Waals surface area contributed by atoms with Crippen molar-refractivity contribution in [3.8, 4) is 11.1 Å². The second-order valence-corrected chi connectivity index (χ2v) is 10.2. The van der Waals surface area contributed by atoms with Crippen molar-refractivity contribution in [2.45, 2.75) is 51.1 Å². The average Bonchev–Trinajstić information content (AvgIpc) is 3.24. The molecule has 2 aromatic rings. The number of amides is 2. The average molecular weight is 463 g/mol. The van der Waals surface area contributed by atoms with Crippen molar-refractivity contribution in [1.82, 2.24) is 10.6 Å². The number of carboxylic acids is 1. The Balaban J connectivity index is 1.17. The summed E-state index contributed by atoms with van der Waals surface area (Å²) in [5, 5.41) is 15.0. The third-order valence-electron chi connectivity index (χ3n) is 7.75. The van der Waals surface area contributed by atoms with Crippen LogP contribution in [-0.2, 0) is 14.3 Å². The minimum atomic E-state index is -1.02. The summed E-state index contributed by atoms with van der Waals surface area (Å²) < 4.78 is 5.64. The number of aliphatic carboxylic acids is 1. The molecule has 2 fully saturated rings. The van der Waals surface area contributed by atoms with Gasteiger partial charge < -0.3 is 20.5 Å². The molecular weight excluding hydrogens is 432 g/mol. The van der Waals surface area contributed by atoms with Gasteiger partial charge in [0.05, 0.1) is 5.41 Å². The van der Waals surface area contributed by atoms with Crippen molar-refractivity contribution in [1.29, 1.82) is 0 Å². The fraction of sp³-hybridized carbons (Fsp3) is 0.444. The number of carbonyl (C=O) groups excluding carboxylic acids is 2. The Morgan fingerprint density at radius 3 is 2.24 bits per heavy atom. The summed E-state index contributed by atoms with van der Waals surface area (Å²) in [5.74, 6) is -1.27.